The first-order chi connectivity index (χ1) is 11.6. The highest BCUT2D eigenvalue weighted by Crippen LogP contribution is 2.29. The van der Waals surface area contributed by atoms with Crippen LogP contribution in [0.15, 0.2) is 12.1 Å². The summed E-state index contributed by atoms with van der Waals surface area (Å²) in [6.45, 7) is 10.9. The number of hydrogen-bond donors (Lipinski definition) is 1. The highest BCUT2D eigenvalue weighted by atomic mass is 16.7. The van der Waals surface area contributed by atoms with E-state index in [-0.39, 0.29) is 6.29 Å². The van der Waals surface area contributed by atoms with Crippen LogP contribution in [0.4, 0.5) is 0 Å². The molecule has 1 rings (SSSR count). The predicted molar refractivity (Wildman–Crippen MR) is 94.8 cm³/mol. The van der Waals surface area contributed by atoms with Crippen molar-refractivity contribution in [3.8, 4) is 11.5 Å². The first kappa shape index (κ1) is 20.7. The van der Waals surface area contributed by atoms with Gasteiger partial charge in [0.1, 0.15) is 11.5 Å². The zero-order chi connectivity index (χ0) is 17.8. The first-order valence-electron chi connectivity index (χ1n) is 8.88. The molecule has 0 aliphatic rings. The van der Waals surface area contributed by atoms with Crippen molar-refractivity contribution >= 4 is 0 Å². The molecule has 5 heteroatoms. The molecule has 0 atom stereocenters. The summed E-state index contributed by atoms with van der Waals surface area (Å²) in [5.41, 5.74) is 2.01. The van der Waals surface area contributed by atoms with E-state index in [9.17, 15) is 5.11 Å². The molecule has 1 N–H and O–H groups in total. The van der Waals surface area contributed by atoms with Gasteiger partial charge in [-0.1, -0.05) is 6.92 Å². The van der Waals surface area contributed by atoms with Gasteiger partial charge in [-0.15, -0.1) is 0 Å². The third-order valence-electron chi connectivity index (χ3n) is 3.61. The SMILES string of the molecule is CCOC(COCCCCOc1c(C)cc(O)cc1CC)OCC. The van der Waals surface area contributed by atoms with Crippen LogP contribution in [0.3, 0.4) is 0 Å². The van der Waals surface area contributed by atoms with Crippen LogP contribution in [-0.2, 0) is 20.6 Å². The summed E-state index contributed by atoms with van der Waals surface area (Å²) in [4.78, 5) is 0. The molecule has 0 amide bonds. The maximum atomic E-state index is 9.65. The molecule has 0 spiro atoms. The van der Waals surface area contributed by atoms with Gasteiger partial charge in [-0.2, -0.15) is 0 Å². The summed E-state index contributed by atoms with van der Waals surface area (Å²) in [5, 5.41) is 9.65. The van der Waals surface area contributed by atoms with Gasteiger partial charge >= 0.3 is 0 Å². The summed E-state index contributed by atoms with van der Waals surface area (Å²) in [7, 11) is 0. The first-order valence-corrected chi connectivity index (χ1v) is 8.88. The Labute approximate surface area is 145 Å². The minimum atomic E-state index is -0.275. The lowest BCUT2D eigenvalue weighted by Crippen LogP contribution is -2.23. The van der Waals surface area contributed by atoms with Crippen LogP contribution in [0.5, 0.6) is 11.5 Å². The average molecular weight is 340 g/mol. The molecule has 0 aliphatic heterocycles. The third kappa shape index (κ3) is 7.51. The number of phenols is 1. The Morgan fingerprint density at radius 2 is 1.67 bits per heavy atom. The summed E-state index contributed by atoms with van der Waals surface area (Å²) < 4.78 is 22.3. The van der Waals surface area contributed by atoms with Crippen molar-refractivity contribution in [3.63, 3.8) is 0 Å². The fourth-order valence-corrected chi connectivity index (χ4v) is 2.47. The number of aryl methyl sites for hydroxylation is 2. The van der Waals surface area contributed by atoms with Gasteiger partial charge in [0, 0.05) is 19.8 Å². The lowest BCUT2D eigenvalue weighted by Gasteiger charge is -2.17. The van der Waals surface area contributed by atoms with Crippen LogP contribution in [0.2, 0.25) is 0 Å². The predicted octanol–water partition coefficient (Wildman–Crippen LogP) is 3.84. The largest absolute Gasteiger partial charge is 0.508 e. The van der Waals surface area contributed by atoms with Gasteiger partial charge in [0.05, 0.1) is 13.2 Å². The molecular formula is C19H32O5. The molecule has 0 saturated carbocycles. The Morgan fingerprint density at radius 3 is 2.29 bits per heavy atom. The van der Waals surface area contributed by atoms with Crippen LogP contribution in [0.1, 0.15) is 44.7 Å². The molecule has 24 heavy (non-hydrogen) atoms. The molecule has 0 fully saturated rings. The summed E-state index contributed by atoms with van der Waals surface area (Å²) in [6, 6.07) is 3.51. The van der Waals surface area contributed by atoms with Gasteiger partial charge in [0.15, 0.2) is 6.29 Å². The van der Waals surface area contributed by atoms with Crippen LogP contribution in [-0.4, -0.2) is 44.4 Å². The van der Waals surface area contributed by atoms with E-state index in [2.05, 4.69) is 6.92 Å². The van der Waals surface area contributed by atoms with Crippen LogP contribution in [0, 0.1) is 6.92 Å². The van der Waals surface area contributed by atoms with Crippen molar-refractivity contribution in [1.29, 1.82) is 0 Å². The highest BCUT2D eigenvalue weighted by molar-refractivity contribution is 5.46. The van der Waals surface area contributed by atoms with E-state index < -0.39 is 0 Å². The zero-order valence-corrected chi connectivity index (χ0v) is 15.5. The molecule has 138 valence electrons. The summed E-state index contributed by atoms with van der Waals surface area (Å²) in [5.74, 6) is 1.19. The maximum absolute atomic E-state index is 9.65. The summed E-state index contributed by atoms with van der Waals surface area (Å²) >= 11 is 0. The Morgan fingerprint density at radius 1 is 1.00 bits per heavy atom. The molecule has 0 radical (unpaired) electrons. The standard InChI is InChI=1S/C19H32O5/c1-5-16-13-17(20)12-15(4)19(16)24-11-9-8-10-21-14-18(22-6-2)23-7-3/h12-13,18,20H,5-11,14H2,1-4H3. The zero-order valence-electron chi connectivity index (χ0n) is 15.5. The van der Waals surface area contributed by atoms with Crippen molar-refractivity contribution in [1.82, 2.24) is 0 Å². The second-order valence-corrected chi connectivity index (χ2v) is 5.58. The Balaban J connectivity index is 2.23. The lowest BCUT2D eigenvalue weighted by atomic mass is 10.1. The van der Waals surface area contributed by atoms with Gasteiger partial charge in [0.25, 0.3) is 0 Å². The minimum Gasteiger partial charge on any atom is -0.508 e. The normalized spacial score (nSPS) is 11.2. The molecule has 0 heterocycles. The number of aromatic hydroxyl groups is 1. The van der Waals surface area contributed by atoms with Crippen molar-refractivity contribution in [2.75, 3.05) is 33.0 Å². The molecule has 1 aromatic carbocycles. The Hall–Kier alpha value is -1.30. The molecule has 0 aromatic heterocycles. The van der Waals surface area contributed by atoms with E-state index in [0.717, 1.165) is 36.1 Å². The number of unbranched alkanes of at least 4 members (excludes halogenated alkanes) is 1. The van der Waals surface area contributed by atoms with Gasteiger partial charge in [-0.3, -0.25) is 0 Å². The second kappa shape index (κ2) is 12.1. The number of ether oxygens (including phenoxy) is 4. The fourth-order valence-electron chi connectivity index (χ4n) is 2.47. The topological polar surface area (TPSA) is 57.2 Å². The van der Waals surface area contributed by atoms with Crippen molar-refractivity contribution in [2.45, 2.75) is 53.2 Å². The second-order valence-electron chi connectivity index (χ2n) is 5.58. The molecule has 0 unspecified atom stereocenters. The van der Waals surface area contributed by atoms with Crippen molar-refractivity contribution in [2.24, 2.45) is 0 Å². The third-order valence-corrected chi connectivity index (χ3v) is 3.61. The molecule has 5 nitrogen and oxygen atoms in total. The maximum Gasteiger partial charge on any atom is 0.180 e. The Kier molecular flexibility index (Phi) is 10.5. The number of rotatable bonds is 13. The molecule has 0 bridgehead atoms. The van der Waals surface area contributed by atoms with E-state index >= 15 is 0 Å². The highest BCUT2D eigenvalue weighted by Gasteiger charge is 2.09. The van der Waals surface area contributed by atoms with E-state index in [1.807, 2.05) is 20.8 Å². The van der Waals surface area contributed by atoms with E-state index in [1.54, 1.807) is 12.1 Å². The quantitative estimate of drug-likeness (QED) is 0.437. The molecule has 0 aliphatic carbocycles. The van der Waals surface area contributed by atoms with E-state index in [4.69, 9.17) is 18.9 Å². The number of benzene rings is 1. The van der Waals surface area contributed by atoms with Gasteiger partial charge < -0.3 is 24.1 Å². The van der Waals surface area contributed by atoms with Gasteiger partial charge in [0.2, 0.25) is 0 Å². The summed E-state index contributed by atoms with van der Waals surface area (Å²) in [6.07, 6.45) is 2.40. The van der Waals surface area contributed by atoms with Crippen LogP contribution < -0.4 is 4.74 Å². The average Bonchev–Trinajstić information content (AvgIpc) is 2.55. The van der Waals surface area contributed by atoms with Gasteiger partial charge in [-0.05, 0) is 63.3 Å². The minimum absolute atomic E-state index is 0.275. The van der Waals surface area contributed by atoms with Crippen LogP contribution >= 0.6 is 0 Å². The monoisotopic (exact) mass is 340 g/mol. The molecule has 0 saturated heterocycles. The van der Waals surface area contributed by atoms with E-state index in [0.29, 0.717) is 38.8 Å². The smallest absolute Gasteiger partial charge is 0.180 e. The van der Waals surface area contributed by atoms with Gasteiger partial charge in [-0.25, -0.2) is 0 Å². The van der Waals surface area contributed by atoms with E-state index in [1.165, 1.54) is 0 Å². The lowest BCUT2D eigenvalue weighted by molar-refractivity contribution is -0.167. The number of hydrogen-bond acceptors (Lipinski definition) is 5. The molecular weight excluding hydrogens is 308 g/mol. The molecule has 1 aromatic rings. The fraction of sp³-hybridized carbons (Fsp3) is 0.684. The Bertz CT molecular complexity index is 455. The van der Waals surface area contributed by atoms with Crippen molar-refractivity contribution < 1.29 is 24.1 Å². The van der Waals surface area contributed by atoms with Crippen LogP contribution in [0.25, 0.3) is 0 Å². The number of phenolic OH excluding ortho intramolecular Hbond substituents is 1. The van der Waals surface area contributed by atoms with Crippen molar-refractivity contribution in [3.05, 3.63) is 23.3 Å².